The Morgan fingerprint density at radius 2 is 1.05 bits per heavy atom. The minimum absolute atomic E-state index is 0.181. The number of benzene rings is 2. The predicted octanol–water partition coefficient (Wildman–Crippen LogP) is 9.53. The summed E-state index contributed by atoms with van der Waals surface area (Å²) in [6.45, 7) is 25.6. The van der Waals surface area contributed by atoms with Gasteiger partial charge in [-0.3, -0.25) is 34.4 Å². The minimum Gasteiger partial charge on any atom is -0.340 e. The molecule has 12 heteroatoms. The van der Waals surface area contributed by atoms with Gasteiger partial charge in [0.15, 0.2) is 0 Å². The van der Waals surface area contributed by atoms with Gasteiger partial charge < -0.3 is 14.6 Å². The Labute approximate surface area is 403 Å². The third kappa shape index (κ3) is 18.1. The van der Waals surface area contributed by atoms with Crippen LogP contribution in [0, 0.1) is 11.8 Å². The molecule has 4 aliphatic rings. The quantitative estimate of drug-likeness (QED) is 0.145. The number of likely N-dealkylation sites (N-methyl/N-ethyl adjacent to an activating group) is 1. The van der Waals surface area contributed by atoms with Crippen molar-refractivity contribution >= 4 is 44.1 Å². The molecule has 0 saturated carbocycles. The lowest BCUT2D eigenvalue weighted by Gasteiger charge is -2.42. The van der Waals surface area contributed by atoms with Crippen LogP contribution in [0.5, 0.6) is 0 Å². The van der Waals surface area contributed by atoms with Crippen molar-refractivity contribution in [2.75, 3.05) is 79.0 Å². The molecule has 10 nitrogen and oxygen atoms in total. The van der Waals surface area contributed by atoms with Gasteiger partial charge in [0.1, 0.15) is 6.29 Å². The molecule has 0 radical (unpaired) electrons. The van der Waals surface area contributed by atoms with E-state index in [-0.39, 0.29) is 5.92 Å². The molecule has 4 aliphatic heterocycles. The molecule has 2 aromatic carbocycles. The molecule has 2 aromatic heterocycles. The highest BCUT2D eigenvalue weighted by Crippen LogP contribution is 2.25. The van der Waals surface area contributed by atoms with E-state index in [0.717, 1.165) is 108 Å². The Bertz CT molecular complexity index is 1870. The van der Waals surface area contributed by atoms with Crippen LogP contribution in [0.15, 0.2) is 107 Å². The van der Waals surface area contributed by atoms with Gasteiger partial charge in [0.05, 0.1) is 0 Å². The molecule has 0 unspecified atom stereocenters. The van der Waals surface area contributed by atoms with Crippen LogP contribution < -0.4 is 0 Å². The third-order valence-electron chi connectivity index (χ3n) is 12.4. The van der Waals surface area contributed by atoms with Crippen molar-refractivity contribution in [2.45, 2.75) is 92.5 Å². The Kier molecular flexibility index (Phi) is 25.0. The molecule has 0 N–H and O–H groups in total. The fraction of sp³-hybridized carbons (Fsp3) is 0.538. The van der Waals surface area contributed by atoms with Gasteiger partial charge in [-0.15, -0.1) is 0 Å². The van der Waals surface area contributed by atoms with E-state index in [1.54, 1.807) is 0 Å². The van der Waals surface area contributed by atoms with Gasteiger partial charge in [0, 0.05) is 124 Å². The molecule has 4 aromatic rings. The van der Waals surface area contributed by atoms with Crippen LogP contribution in [0.2, 0.25) is 0 Å². The fourth-order valence-corrected chi connectivity index (χ4v) is 9.31. The second-order valence-corrected chi connectivity index (χ2v) is 18.6. The smallest absolute Gasteiger partial charge is 0.225 e. The number of amides is 1. The van der Waals surface area contributed by atoms with Crippen molar-refractivity contribution in [3.63, 3.8) is 0 Å². The van der Waals surface area contributed by atoms with E-state index in [1.165, 1.54) is 52.9 Å². The largest absolute Gasteiger partial charge is 0.340 e. The molecule has 1 atom stereocenters. The summed E-state index contributed by atoms with van der Waals surface area (Å²) in [6.07, 6.45) is 12.4. The summed E-state index contributed by atoms with van der Waals surface area (Å²) in [5.41, 5.74) is 5.30. The van der Waals surface area contributed by atoms with E-state index in [9.17, 15) is 9.59 Å². The molecule has 8 rings (SSSR count). The number of hydrogen-bond donors (Lipinski definition) is 0. The van der Waals surface area contributed by atoms with Crippen LogP contribution >= 0.6 is 31.9 Å². The van der Waals surface area contributed by atoms with Gasteiger partial charge in [0.25, 0.3) is 0 Å². The standard InChI is InChI=1S/C24H31BrN4O.C12H17BrN2.C12H16N2O.2C2H6/c1-19-16-29(15-14-28(19)18-22-4-2-3-5-23(22)25)24(30)21-8-12-27(13-9-21)17-20-6-10-26-11-7-20;1-14-6-8-15(9-7-14)10-11-4-2-3-5-12(11)13;15-10-12-3-7-14(8-4-12)9-11-1-5-13-6-2-11;2*1-2/h2-7,10-11,19,21H,8-9,12-18H2,1H3;2-5H,6-10H2,1H3;1-2,5-6,10,12H,3-4,7-9H2;2*1-2H3/t19-;;;;/m0..../s1. The minimum atomic E-state index is 0.181. The highest BCUT2D eigenvalue weighted by Gasteiger charge is 2.33. The first-order valence-electron chi connectivity index (χ1n) is 23.8. The zero-order valence-corrected chi connectivity index (χ0v) is 42.8. The summed E-state index contributed by atoms with van der Waals surface area (Å²) in [5.74, 6) is 0.838. The lowest BCUT2D eigenvalue weighted by atomic mass is 9.94. The molecule has 64 heavy (non-hydrogen) atoms. The Morgan fingerprint density at radius 1 is 0.594 bits per heavy atom. The van der Waals surface area contributed by atoms with E-state index in [0.29, 0.717) is 17.9 Å². The van der Waals surface area contributed by atoms with E-state index in [1.807, 2.05) is 64.6 Å². The maximum Gasteiger partial charge on any atom is 0.225 e. The lowest BCUT2D eigenvalue weighted by Crippen LogP contribution is -2.55. The highest BCUT2D eigenvalue weighted by molar-refractivity contribution is 9.10. The number of likely N-dealkylation sites (tertiary alicyclic amines) is 2. The molecule has 1 amide bonds. The van der Waals surface area contributed by atoms with E-state index in [2.05, 4.69) is 146 Å². The number of carbonyl (C=O) groups is 2. The SMILES string of the molecule is CC.CC.CN1CCN(Cc2ccccc2Br)CC1.C[C@H]1CN(C(=O)C2CCN(Cc3ccncc3)CC2)CCN1Cc1ccccc1Br.O=CC1CCN(Cc2ccncc2)CC1. The average Bonchev–Trinajstić information content (AvgIpc) is 3.34. The van der Waals surface area contributed by atoms with E-state index < -0.39 is 0 Å². The highest BCUT2D eigenvalue weighted by atomic mass is 79.9. The van der Waals surface area contributed by atoms with E-state index in [4.69, 9.17) is 0 Å². The van der Waals surface area contributed by atoms with Gasteiger partial charge in [-0.25, -0.2) is 0 Å². The van der Waals surface area contributed by atoms with Crippen LogP contribution in [0.25, 0.3) is 0 Å². The van der Waals surface area contributed by atoms with Crippen molar-refractivity contribution in [3.8, 4) is 0 Å². The molecule has 0 spiro atoms. The monoisotopic (exact) mass is 1000 g/mol. The van der Waals surface area contributed by atoms with Crippen molar-refractivity contribution < 1.29 is 9.59 Å². The summed E-state index contributed by atoms with van der Waals surface area (Å²) in [6, 6.07) is 25.5. The molecule has 4 fully saturated rings. The first kappa shape index (κ1) is 53.3. The van der Waals surface area contributed by atoms with Gasteiger partial charge in [0.2, 0.25) is 5.91 Å². The number of aromatic nitrogens is 2. The van der Waals surface area contributed by atoms with Crippen molar-refractivity contribution in [1.29, 1.82) is 0 Å². The number of carbonyl (C=O) groups excluding carboxylic acids is 2. The number of piperidine rings is 2. The molecule has 4 saturated heterocycles. The molecule has 0 aliphatic carbocycles. The van der Waals surface area contributed by atoms with Crippen LogP contribution in [-0.4, -0.2) is 137 Å². The summed E-state index contributed by atoms with van der Waals surface area (Å²) < 4.78 is 2.39. The number of nitrogens with zero attached hydrogens (tertiary/aromatic N) is 8. The number of halogens is 2. The number of rotatable bonds is 10. The van der Waals surface area contributed by atoms with Gasteiger partial charge in [-0.05, 0) is 124 Å². The molecular formula is C52H76Br2N8O2. The van der Waals surface area contributed by atoms with Crippen molar-refractivity contribution in [3.05, 3.63) is 129 Å². The normalized spacial score (nSPS) is 19.3. The Balaban J connectivity index is 0.000000222. The third-order valence-corrected chi connectivity index (χ3v) is 14.0. The zero-order valence-electron chi connectivity index (χ0n) is 39.6. The molecule has 0 bridgehead atoms. The first-order valence-corrected chi connectivity index (χ1v) is 25.4. The topological polar surface area (TPSA) is 79.4 Å². The van der Waals surface area contributed by atoms with Crippen LogP contribution in [0.3, 0.4) is 0 Å². The number of piperazine rings is 2. The molecule has 6 heterocycles. The van der Waals surface area contributed by atoms with E-state index >= 15 is 0 Å². The predicted molar refractivity (Wildman–Crippen MR) is 271 cm³/mol. The number of pyridine rings is 2. The maximum atomic E-state index is 13.2. The summed E-state index contributed by atoms with van der Waals surface area (Å²) >= 11 is 7.26. The average molecular weight is 1010 g/mol. The molecule has 350 valence electrons. The number of aldehydes is 1. The number of hydrogen-bond acceptors (Lipinski definition) is 9. The van der Waals surface area contributed by atoms with Crippen LogP contribution in [0.4, 0.5) is 0 Å². The Morgan fingerprint density at radius 3 is 1.52 bits per heavy atom. The fourth-order valence-electron chi connectivity index (χ4n) is 8.49. The lowest BCUT2D eigenvalue weighted by molar-refractivity contribution is -0.140. The van der Waals surface area contributed by atoms with Crippen LogP contribution in [-0.2, 0) is 35.8 Å². The van der Waals surface area contributed by atoms with Gasteiger partial charge in [-0.1, -0.05) is 96.0 Å². The maximum absolute atomic E-state index is 13.2. The second kappa shape index (κ2) is 30.0. The zero-order chi connectivity index (χ0) is 46.1. The summed E-state index contributed by atoms with van der Waals surface area (Å²) in [4.78, 5) is 46.2. The first-order chi connectivity index (χ1) is 31.2. The summed E-state index contributed by atoms with van der Waals surface area (Å²) in [5, 5.41) is 0. The van der Waals surface area contributed by atoms with Gasteiger partial charge >= 0.3 is 0 Å². The van der Waals surface area contributed by atoms with Crippen molar-refractivity contribution in [2.24, 2.45) is 11.8 Å². The molecular weight excluding hydrogens is 928 g/mol. The second-order valence-electron chi connectivity index (χ2n) is 16.9. The Hall–Kier alpha value is -3.36. The summed E-state index contributed by atoms with van der Waals surface area (Å²) in [7, 11) is 2.19. The van der Waals surface area contributed by atoms with Crippen LogP contribution in [0.1, 0.15) is 82.6 Å². The van der Waals surface area contributed by atoms with Crippen molar-refractivity contribution in [1.82, 2.24) is 39.4 Å². The van der Waals surface area contributed by atoms with Gasteiger partial charge in [-0.2, -0.15) is 0 Å².